The van der Waals surface area contributed by atoms with Crippen LogP contribution in [-0.4, -0.2) is 30.2 Å². The summed E-state index contributed by atoms with van der Waals surface area (Å²) in [6, 6.07) is 7.14. The molecule has 0 aromatic heterocycles. The molecule has 0 saturated heterocycles. The van der Waals surface area contributed by atoms with Gasteiger partial charge in [0.2, 0.25) is 5.78 Å². The van der Waals surface area contributed by atoms with Crippen LogP contribution >= 0.6 is 0 Å². The molecule has 0 atom stereocenters. The van der Waals surface area contributed by atoms with E-state index in [9.17, 15) is 32.9 Å². The van der Waals surface area contributed by atoms with E-state index in [1.54, 1.807) is 6.92 Å². The molecule has 10 heteroatoms. The van der Waals surface area contributed by atoms with Crippen molar-refractivity contribution in [3.05, 3.63) is 81.1 Å². The van der Waals surface area contributed by atoms with E-state index < -0.39 is 45.1 Å². The molecule has 0 N–H and O–H groups in total. The van der Waals surface area contributed by atoms with Crippen LogP contribution in [-0.2, 0) is 10.9 Å². The van der Waals surface area contributed by atoms with E-state index in [1.165, 1.54) is 31.4 Å². The third-order valence-electron chi connectivity index (χ3n) is 3.98. The second-order valence-corrected chi connectivity index (χ2v) is 5.86. The molecule has 2 aromatic rings. The van der Waals surface area contributed by atoms with Crippen LogP contribution in [0.2, 0.25) is 0 Å². The van der Waals surface area contributed by atoms with Crippen molar-refractivity contribution >= 4 is 17.3 Å². The van der Waals surface area contributed by atoms with Crippen LogP contribution in [0.15, 0.2) is 54.3 Å². The molecule has 0 spiro atoms. The van der Waals surface area contributed by atoms with Crippen molar-refractivity contribution in [3.63, 3.8) is 0 Å². The predicted molar refractivity (Wildman–Crippen MR) is 99.5 cm³/mol. The minimum absolute atomic E-state index is 0.0599. The van der Waals surface area contributed by atoms with E-state index in [-0.39, 0.29) is 18.2 Å². The number of benzene rings is 2. The lowest BCUT2D eigenvalue weighted by Gasteiger charge is -2.10. The molecular weight excluding hydrogens is 407 g/mol. The Bertz CT molecular complexity index is 997. The van der Waals surface area contributed by atoms with Crippen molar-refractivity contribution in [1.82, 2.24) is 0 Å². The van der Waals surface area contributed by atoms with Crippen molar-refractivity contribution in [2.45, 2.75) is 13.1 Å². The van der Waals surface area contributed by atoms with Crippen LogP contribution in [0.25, 0.3) is 0 Å². The largest absolute Gasteiger partial charge is 0.501 e. The average Bonchev–Trinajstić information content (AvgIpc) is 2.72. The second-order valence-electron chi connectivity index (χ2n) is 5.86. The van der Waals surface area contributed by atoms with E-state index >= 15 is 0 Å². The first-order valence-electron chi connectivity index (χ1n) is 8.51. The number of Topliss-reactive ketones (excluding diaryl/α,β-unsaturated/α-hetero) is 2. The molecule has 0 amide bonds. The van der Waals surface area contributed by atoms with Crippen molar-refractivity contribution < 1.29 is 37.2 Å². The standard InChI is InChI=1S/C20H16F3NO6/c1-3-30-11-16(18(25)12-4-7-14(29-2)8-5-12)19(26)15-9-6-13(20(21,22)23)10-17(15)24(27)28/h4-11H,3H2,1-2H3/b16-11-. The summed E-state index contributed by atoms with van der Waals surface area (Å²) in [6.45, 7) is 1.67. The van der Waals surface area contributed by atoms with Crippen LogP contribution < -0.4 is 4.74 Å². The first-order chi connectivity index (χ1) is 14.1. The molecular formula is C20H16F3NO6. The van der Waals surface area contributed by atoms with Gasteiger partial charge in [-0.1, -0.05) is 0 Å². The highest BCUT2D eigenvalue weighted by Crippen LogP contribution is 2.34. The van der Waals surface area contributed by atoms with Gasteiger partial charge in [0, 0.05) is 11.6 Å². The van der Waals surface area contributed by atoms with Gasteiger partial charge >= 0.3 is 6.18 Å². The third-order valence-corrected chi connectivity index (χ3v) is 3.98. The van der Waals surface area contributed by atoms with E-state index in [0.29, 0.717) is 17.9 Å². The average molecular weight is 423 g/mol. The molecule has 0 aliphatic rings. The van der Waals surface area contributed by atoms with Gasteiger partial charge in [0.1, 0.15) is 16.9 Å². The molecule has 2 aromatic carbocycles. The predicted octanol–water partition coefficient (Wildman–Crippen LogP) is 4.61. The Kier molecular flexibility index (Phi) is 6.93. The zero-order chi connectivity index (χ0) is 22.5. The van der Waals surface area contributed by atoms with Crippen molar-refractivity contribution in [2.24, 2.45) is 0 Å². The molecule has 0 unspecified atom stereocenters. The maximum atomic E-state index is 12.9. The lowest BCUT2D eigenvalue weighted by Crippen LogP contribution is -2.17. The van der Waals surface area contributed by atoms with Crippen LogP contribution in [0.1, 0.15) is 33.2 Å². The van der Waals surface area contributed by atoms with Gasteiger partial charge < -0.3 is 9.47 Å². The van der Waals surface area contributed by atoms with Gasteiger partial charge in [-0.3, -0.25) is 19.7 Å². The summed E-state index contributed by atoms with van der Waals surface area (Å²) in [5.41, 5.74) is -3.53. The first-order valence-corrected chi connectivity index (χ1v) is 8.51. The van der Waals surface area contributed by atoms with Gasteiger partial charge in [0.25, 0.3) is 5.69 Å². The minimum atomic E-state index is -4.84. The summed E-state index contributed by atoms with van der Waals surface area (Å²) >= 11 is 0. The van der Waals surface area contributed by atoms with Crippen molar-refractivity contribution in [1.29, 1.82) is 0 Å². The number of hydrogen-bond acceptors (Lipinski definition) is 6. The number of ketones is 2. The van der Waals surface area contributed by atoms with Gasteiger partial charge in [-0.2, -0.15) is 13.2 Å². The van der Waals surface area contributed by atoms with E-state index in [2.05, 4.69) is 0 Å². The molecule has 0 aliphatic heterocycles. The SMILES string of the molecule is CCO/C=C(/C(=O)c1ccc(OC)cc1)C(=O)c1ccc(C(F)(F)F)cc1[N+](=O)[O-]. The normalized spacial score (nSPS) is 11.7. The van der Waals surface area contributed by atoms with Crippen LogP contribution in [0.3, 0.4) is 0 Å². The molecule has 158 valence electrons. The molecule has 0 heterocycles. The Hall–Kier alpha value is -3.69. The van der Waals surface area contributed by atoms with Gasteiger partial charge in [-0.05, 0) is 43.3 Å². The zero-order valence-corrected chi connectivity index (χ0v) is 15.9. The number of nitro groups is 1. The Morgan fingerprint density at radius 3 is 2.23 bits per heavy atom. The number of allylic oxidation sites excluding steroid dienone is 1. The number of methoxy groups -OCH3 is 1. The summed E-state index contributed by atoms with van der Waals surface area (Å²) in [5, 5.41) is 11.3. The number of halogens is 3. The Balaban J connectivity index is 2.54. The lowest BCUT2D eigenvalue weighted by atomic mass is 9.95. The highest BCUT2D eigenvalue weighted by Gasteiger charge is 2.35. The molecule has 7 nitrogen and oxygen atoms in total. The number of nitrogens with zero attached hydrogens (tertiary/aromatic N) is 1. The Morgan fingerprint density at radius 2 is 1.73 bits per heavy atom. The van der Waals surface area contributed by atoms with Gasteiger partial charge in [0.05, 0.1) is 30.5 Å². The van der Waals surface area contributed by atoms with E-state index in [4.69, 9.17) is 9.47 Å². The molecule has 0 bridgehead atoms. The number of hydrogen-bond donors (Lipinski definition) is 0. The summed E-state index contributed by atoms with van der Waals surface area (Å²) in [5.74, 6) is -1.50. The number of ether oxygens (including phenoxy) is 2. The first kappa shape index (κ1) is 22.6. The Morgan fingerprint density at radius 1 is 1.10 bits per heavy atom. The summed E-state index contributed by atoms with van der Waals surface area (Å²) in [7, 11) is 1.42. The van der Waals surface area contributed by atoms with Gasteiger partial charge in [-0.25, -0.2) is 0 Å². The molecule has 0 fully saturated rings. The maximum absolute atomic E-state index is 12.9. The molecule has 0 aliphatic carbocycles. The van der Waals surface area contributed by atoms with Crippen LogP contribution in [0.5, 0.6) is 5.75 Å². The van der Waals surface area contributed by atoms with Crippen molar-refractivity contribution in [2.75, 3.05) is 13.7 Å². The quantitative estimate of drug-likeness (QED) is 0.117. The molecule has 0 radical (unpaired) electrons. The number of rotatable bonds is 8. The molecule has 2 rings (SSSR count). The fourth-order valence-electron chi connectivity index (χ4n) is 2.47. The van der Waals surface area contributed by atoms with Crippen molar-refractivity contribution in [3.8, 4) is 5.75 Å². The van der Waals surface area contributed by atoms with Crippen LogP contribution in [0, 0.1) is 10.1 Å². The highest BCUT2D eigenvalue weighted by atomic mass is 19.4. The lowest BCUT2D eigenvalue weighted by molar-refractivity contribution is -0.385. The van der Waals surface area contributed by atoms with E-state index in [0.717, 1.165) is 6.26 Å². The van der Waals surface area contributed by atoms with Gasteiger partial charge in [-0.15, -0.1) is 0 Å². The fraction of sp³-hybridized carbons (Fsp3) is 0.200. The highest BCUT2D eigenvalue weighted by molar-refractivity contribution is 6.31. The second kappa shape index (κ2) is 9.21. The number of carbonyl (C=O) groups excluding carboxylic acids is 2. The third kappa shape index (κ3) is 5.02. The van der Waals surface area contributed by atoms with Gasteiger partial charge in [0.15, 0.2) is 5.78 Å². The minimum Gasteiger partial charge on any atom is -0.501 e. The summed E-state index contributed by atoms with van der Waals surface area (Å²) < 4.78 is 48.7. The smallest absolute Gasteiger partial charge is 0.416 e. The summed E-state index contributed by atoms with van der Waals surface area (Å²) in [4.78, 5) is 35.9. The number of alkyl halides is 3. The monoisotopic (exact) mass is 423 g/mol. The van der Waals surface area contributed by atoms with Crippen LogP contribution in [0.4, 0.5) is 18.9 Å². The fourth-order valence-corrected chi connectivity index (χ4v) is 2.47. The summed E-state index contributed by atoms with van der Waals surface area (Å²) in [6.07, 6.45) is -3.99. The topological polar surface area (TPSA) is 95.7 Å². The molecule has 0 saturated carbocycles. The molecule has 30 heavy (non-hydrogen) atoms. The maximum Gasteiger partial charge on any atom is 0.416 e. The zero-order valence-electron chi connectivity index (χ0n) is 15.9. The Labute approximate surface area is 168 Å². The number of carbonyl (C=O) groups is 2. The van der Waals surface area contributed by atoms with E-state index in [1.807, 2.05) is 0 Å². The number of nitro benzene ring substituents is 1.